The molecule has 0 radical (unpaired) electrons. The van der Waals surface area contributed by atoms with E-state index in [0.29, 0.717) is 5.69 Å². The summed E-state index contributed by atoms with van der Waals surface area (Å²) < 4.78 is 90.1. The van der Waals surface area contributed by atoms with Crippen molar-refractivity contribution in [1.29, 1.82) is 0 Å². The van der Waals surface area contributed by atoms with Gasteiger partial charge in [0.15, 0.2) is 21.3 Å². The third-order valence-electron chi connectivity index (χ3n) is 6.03. The fourth-order valence-corrected chi connectivity index (χ4v) is 4.51. The van der Waals surface area contributed by atoms with Gasteiger partial charge in [0.2, 0.25) is 5.75 Å². The predicted octanol–water partition coefficient (Wildman–Crippen LogP) is 5.06. The molecular weight excluding hydrogens is 532 g/mol. The van der Waals surface area contributed by atoms with Gasteiger partial charge in [-0.15, -0.1) is 10.2 Å². The van der Waals surface area contributed by atoms with E-state index in [9.17, 15) is 26.4 Å². The summed E-state index contributed by atoms with van der Waals surface area (Å²) in [6.45, 7) is 0.984. The summed E-state index contributed by atoms with van der Waals surface area (Å²) in [5.41, 5.74) is -2.37. The zero-order valence-corrected chi connectivity index (χ0v) is 21.2. The number of pyridine rings is 1. The Kier molecular flexibility index (Phi) is 7.28. The molecule has 1 aliphatic rings. The number of alkyl halides is 3. The van der Waals surface area contributed by atoms with Crippen LogP contribution in [-0.2, 0) is 16.0 Å². The van der Waals surface area contributed by atoms with Crippen LogP contribution < -0.4 is 14.8 Å². The third kappa shape index (κ3) is 5.54. The zero-order valence-electron chi connectivity index (χ0n) is 20.4. The number of hydrogen-bond acceptors (Lipinski definition) is 8. The van der Waals surface area contributed by atoms with Gasteiger partial charge < -0.3 is 14.8 Å². The number of halogens is 4. The Morgan fingerprint density at radius 3 is 2.42 bits per heavy atom. The molecule has 1 N–H and O–H groups in total. The van der Waals surface area contributed by atoms with Crippen LogP contribution in [0.25, 0.3) is 0 Å². The molecule has 1 aliphatic carbocycles. The second-order valence-corrected chi connectivity index (χ2v) is 10.7. The molecule has 0 bridgehead atoms. The molecule has 0 saturated heterocycles. The number of amides is 1. The van der Waals surface area contributed by atoms with E-state index in [1.165, 1.54) is 25.3 Å². The average molecular weight is 555 g/mol. The van der Waals surface area contributed by atoms with Crippen molar-refractivity contribution in [2.24, 2.45) is 0 Å². The lowest BCUT2D eigenvalue weighted by atomic mass is 9.82. The first-order valence-electron chi connectivity index (χ1n) is 11.3. The number of carbonyl (C=O) groups is 1. The fourth-order valence-electron chi connectivity index (χ4n) is 3.84. The van der Waals surface area contributed by atoms with Gasteiger partial charge in [0, 0.05) is 17.9 Å². The van der Waals surface area contributed by atoms with E-state index in [2.05, 4.69) is 20.5 Å². The van der Waals surface area contributed by atoms with Crippen LogP contribution in [0.3, 0.4) is 0 Å². The lowest BCUT2D eigenvalue weighted by Gasteiger charge is -2.25. The van der Waals surface area contributed by atoms with E-state index >= 15 is 4.39 Å². The Balaban J connectivity index is 1.77. The van der Waals surface area contributed by atoms with E-state index in [0.717, 1.165) is 44.6 Å². The van der Waals surface area contributed by atoms with Gasteiger partial charge in [-0.2, -0.15) is 13.2 Å². The minimum absolute atomic E-state index is 0.0241. The van der Waals surface area contributed by atoms with E-state index in [1.807, 2.05) is 0 Å². The van der Waals surface area contributed by atoms with Crippen molar-refractivity contribution in [1.82, 2.24) is 15.2 Å². The highest BCUT2D eigenvalue weighted by Crippen LogP contribution is 2.41. The van der Waals surface area contributed by atoms with Crippen molar-refractivity contribution in [3.05, 3.63) is 58.7 Å². The van der Waals surface area contributed by atoms with Crippen LogP contribution in [-0.4, -0.2) is 42.9 Å². The van der Waals surface area contributed by atoms with Crippen LogP contribution in [0.15, 0.2) is 35.2 Å². The van der Waals surface area contributed by atoms with Gasteiger partial charge in [0.1, 0.15) is 5.56 Å². The zero-order chi connectivity index (χ0) is 27.8. The molecule has 202 valence electrons. The number of methoxy groups -OCH3 is 1. The highest BCUT2D eigenvalue weighted by atomic mass is 32.2. The van der Waals surface area contributed by atoms with Gasteiger partial charge in [0.25, 0.3) is 17.7 Å². The second-order valence-electron chi connectivity index (χ2n) is 8.70. The Labute approximate surface area is 215 Å². The number of nitrogens with zero attached hydrogens (tertiary/aromatic N) is 3. The third-order valence-corrected chi connectivity index (χ3v) is 7.14. The summed E-state index contributed by atoms with van der Waals surface area (Å²) in [7, 11) is -2.42. The molecule has 0 spiro atoms. The summed E-state index contributed by atoms with van der Waals surface area (Å²) >= 11 is 0. The molecule has 9 nitrogen and oxygen atoms in total. The Morgan fingerprint density at radius 2 is 1.84 bits per heavy atom. The summed E-state index contributed by atoms with van der Waals surface area (Å²) in [5.74, 6) is -3.59. The average Bonchev–Trinajstić information content (AvgIpc) is 2.78. The molecule has 1 aromatic carbocycles. The van der Waals surface area contributed by atoms with Crippen molar-refractivity contribution in [3.63, 3.8) is 0 Å². The maximum Gasteiger partial charge on any atom is 0.435 e. The number of nitrogens with one attached hydrogen (secondary N) is 1. The van der Waals surface area contributed by atoms with E-state index in [-0.39, 0.29) is 22.4 Å². The maximum atomic E-state index is 15.1. The van der Waals surface area contributed by atoms with Gasteiger partial charge in [-0.05, 0) is 49.6 Å². The molecule has 1 amide bonds. The molecule has 1 fully saturated rings. The number of ether oxygens (including phenoxy) is 2. The smallest absolute Gasteiger partial charge is 0.435 e. The van der Waals surface area contributed by atoms with Crippen LogP contribution in [0.5, 0.6) is 17.5 Å². The first-order valence-corrected chi connectivity index (χ1v) is 13.2. The van der Waals surface area contributed by atoms with Crippen LogP contribution in [0.1, 0.15) is 52.5 Å². The number of hydrogen-bond donors (Lipinski definition) is 1. The summed E-state index contributed by atoms with van der Waals surface area (Å²) in [4.78, 5) is 17.3. The molecule has 2 aromatic heterocycles. The molecule has 0 aliphatic heterocycles. The number of carbonyl (C=O) groups excluding carboxylic acids is 1. The Morgan fingerprint density at radius 1 is 1.13 bits per heavy atom. The Hall–Kier alpha value is -3.81. The predicted molar refractivity (Wildman–Crippen MR) is 127 cm³/mol. The topological polar surface area (TPSA) is 120 Å². The molecule has 0 unspecified atom stereocenters. The standard InChI is InChI=1S/C24H22F4N4O5S/c1-12-18(21(33)29-14-8-5-9-15(10-14)38(3,34)35)22(32-31-20(12)24(26,27)28)37-19-16(25)11-17(13-6-4-7-13)30-23(19)36-2/h5,8-11,13H,4,6-7H2,1-3H3,(H,29,33). The van der Waals surface area contributed by atoms with E-state index < -0.39 is 56.2 Å². The van der Waals surface area contributed by atoms with Crippen LogP contribution in [0.2, 0.25) is 0 Å². The second kappa shape index (κ2) is 10.2. The highest BCUT2D eigenvalue weighted by molar-refractivity contribution is 7.90. The molecule has 1 saturated carbocycles. The lowest BCUT2D eigenvalue weighted by Crippen LogP contribution is -2.21. The van der Waals surface area contributed by atoms with Gasteiger partial charge in [-0.1, -0.05) is 12.5 Å². The van der Waals surface area contributed by atoms with Crippen molar-refractivity contribution >= 4 is 21.4 Å². The summed E-state index contributed by atoms with van der Waals surface area (Å²) in [6.07, 6.45) is -1.39. The van der Waals surface area contributed by atoms with Crippen molar-refractivity contribution < 1.29 is 40.2 Å². The summed E-state index contributed by atoms with van der Waals surface area (Å²) in [5, 5.41) is 8.92. The van der Waals surface area contributed by atoms with Gasteiger partial charge in [-0.25, -0.2) is 17.8 Å². The molecule has 0 atom stereocenters. The minimum atomic E-state index is -4.96. The first-order chi connectivity index (χ1) is 17.8. The number of aromatic nitrogens is 3. The van der Waals surface area contributed by atoms with Gasteiger partial charge in [0.05, 0.1) is 17.7 Å². The monoisotopic (exact) mass is 554 g/mol. The van der Waals surface area contributed by atoms with Crippen molar-refractivity contribution in [2.45, 2.75) is 43.2 Å². The SMILES string of the molecule is COc1nc(C2CCC2)cc(F)c1Oc1nnc(C(F)(F)F)c(C)c1C(=O)Nc1cccc(S(C)(=O)=O)c1. The normalized spacial score (nSPS) is 14.1. The van der Waals surface area contributed by atoms with Crippen molar-refractivity contribution in [2.75, 3.05) is 18.7 Å². The van der Waals surface area contributed by atoms with Crippen molar-refractivity contribution in [3.8, 4) is 17.5 Å². The van der Waals surface area contributed by atoms with Crippen LogP contribution >= 0.6 is 0 Å². The fraction of sp³-hybridized carbons (Fsp3) is 0.333. The molecule has 4 rings (SSSR count). The Bertz CT molecular complexity index is 1510. The molecule has 14 heteroatoms. The summed E-state index contributed by atoms with van der Waals surface area (Å²) in [6, 6.07) is 6.25. The highest BCUT2D eigenvalue weighted by Gasteiger charge is 2.38. The van der Waals surface area contributed by atoms with Gasteiger partial charge in [-0.3, -0.25) is 4.79 Å². The van der Waals surface area contributed by atoms with E-state index in [4.69, 9.17) is 9.47 Å². The molecule has 3 aromatic rings. The number of benzene rings is 1. The van der Waals surface area contributed by atoms with E-state index in [1.54, 1.807) is 0 Å². The number of sulfone groups is 1. The quantitative estimate of drug-likeness (QED) is 0.403. The first kappa shape index (κ1) is 27.2. The lowest BCUT2D eigenvalue weighted by molar-refractivity contribution is -0.142. The number of anilines is 1. The van der Waals surface area contributed by atoms with Crippen LogP contribution in [0, 0.1) is 12.7 Å². The minimum Gasteiger partial charge on any atom is -0.478 e. The maximum absolute atomic E-state index is 15.1. The molecule has 2 heterocycles. The largest absolute Gasteiger partial charge is 0.478 e. The van der Waals surface area contributed by atoms with Crippen LogP contribution in [0.4, 0.5) is 23.2 Å². The molecule has 38 heavy (non-hydrogen) atoms. The number of rotatable bonds is 7. The van der Waals surface area contributed by atoms with Gasteiger partial charge >= 0.3 is 6.18 Å². The molecular formula is C24H22F4N4O5S.